The molecule has 2 aliphatic heterocycles. The molecule has 1 N–H and O–H groups in total. The SMILES string of the molecule is C=Nc1sc(C(=O)NC2CCOCC2)nc1/C(=N\C)N1CC(CCN(C)C)c2cc(F)ccc21. The Morgan fingerprint density at radius 1 is 1.38 bits per heavy atom. The second-order valence-electron chi connectivity index (χ2n) is 8.84. The summed E-state index contributed by atoms with van der Waals surface area (Å²) in [5, 5.41) is 3.92. The van der Waals surface area contributed by atoms with Gasteiger partial charge in [-0.3, -0.25) is 14.8 Å². The van der Waals surface area contributed by atoms with Crippen LogP contribution in [0.25, 0.3) is 0 Å². The quantitative estimate of drug-likeness (QED) is 0.479. The van der Waals surface area contributed by atoms with Gasteiger partial charge < -0.3 is 19.9 Å². The zero-order valence-corrected chi connectivity index (χ0v) is 20.7. The van der Waals surface area contributed by atoms with E-state index in [2.05, 4.69) is 36.8 Å². The molecule has 1 amide bonds. The summed E-state index contributed by atoms with van der Waals surface area (Å²) in [6.07, 6.45) is 2.46. The number of ether oxygens (including phenoxy) is 1. The van der Waals surface area contributed by atoms with E-state index in [9.17, 15) is 9.18 Å². The van der Waals surface area contributed by atoms with Crippen LogP contribution in [-0.2, 0) is 4.74 Å². The van der Waals surface area contributed by atoms with Crippen LogP contribution in [0.5, 0.6) is 0 Å². The highest BCUT2D eigenvalue weighted by molar-refractivity contribution is 7.17. The van der Waals surface area contributed by atoms with E-state index >= 15 is 0 Å². The first-order chi connectivity index (χ1) is 16.4. The first-order valence-corrected chi connectivity index (χ1v) is 12.3. The molecule has 2 aromatic rings. The molecule has 4 rings (SSSR count). The molecule has 1 aromatic carbocycles. The molecule has 0 spiro atoms. The van der Waals surface area contributed by atoms with Gasteiger partial charge in [0.25, 0.3) is 5.91 Å². The highest BCUT2D eigenvalue weighted by atomic mass is 32.1. The summed E-state index contributed by atoms with van der Waals surface area (Å²) < 4.78 is 19.5. The van der Waals surface area contributed by atoms with Crippen LogP contribution in [0.3, 0.4) is 0 Å². The fraction of sp³-hybridized carbons (Fsp3) is 0.500. The summed E-state index contributed by atoms with van der Waals surface area (Å²) in [7, 11) is 5.75. The standard InChI is InChI=1S/C24H31FN6O2S/c1-26-21(31-14-15(7-10-30(3)4)18-13-16(25)5-6-19(18)31)20-23(27-2)34-24(29-20)22(32)28-17-8-11-33-12-9-17/h5-6,13,15,17H,2,7-12,14H2,1,3-4H3,(H,28,32)/b26-21+. The van der Waals surface area contributed by atoms with E-state index in [1.807, 2.05) is 14.1 Å². The maximum absolute atomic E-state index is 14.1. The molecule has 1 aromatic heterocycles. The Hall–Kier alpha value is -2.69. The van der Waals surface area contributed by atoms with Crippen LogP contribution in [0.4, 0.5) is 15.1 Å². The van der Waals surface area contributed by atoms with Crippen molar-refractivity contribution in [1.82, 2.24) is 15.2 Å². The lowest BCUT2D eigenvalue weighted by Gasteiger charge is -2.22. The van der Waals surface area contributed by atoms with Crippen LogP contribution >= 0.6 is 11.3 Å². The summed E-state index contributed by atoms with van der Waals surface area (Å²) in [6.45, 7) is 6.51. The fourth-order valence-electron chi connectivity index (χ4n) is 4.48. The summed E-state index contributed by atoms with van der Waals surface area (Å²) in [6, 6.07) is 4.94. The number of aromatic nitrogens is 1. The molecule has 1 unspecified atom stereocenters. The first-order valence-electron chi connectivity index (χ1n) is 11.5. The smallest absolute Gasteiger partial charge is 0.280 e. The van der Waals surface area contributed by atoms with E-state index in [0.29, 0.717) is 41.3 Å². The second kappa shape index (κ2) is 10.7. The van der Waals surface area contributed by atoms with Gasteiger partial charge in [0.2, 0.25) is 0 Å². The third kappa shape index (κ3) is 5.18. The second-order valence-corrected chi connectivity index (χ2v) is 9.82. The number of fused-ring (bicyclic) bond motifs is 1. The molecule has 0 radical (unpaired) electrons. The number of aliphatic imine (C=N–C) groups is 2. The van der Waals surface area contributed by atoms with Gasteiger partial charge >= 0.3 is 0 Å². The van der Waals surface area contributed by atoms with Crippen molar-refractivity contribution in [3.8, 4) is 0 Å². The Kier molecular flexibility index (Phi) is 7.70. The molecule has 10 heteroatoms. The van der Waals surface area contributed by atoms with Crippen LogP contribution in [0.2, 0.25) is 0 Å². The average Bonchev–Trinajstić information content (AvgIpc) is 3.41. The summed E-state index contributed by atoms with van der Waals surface area (Å²) in [4.78, 5) is 30.4. The van der Waals surface area contributed by atoms with E-state index in [-0.39, 0.29) is 23.7 Å². The number of hydrogen-bond donors (Lipinski definition) is 1. The predicted molar refractivity (Wildman–Crippen MR) is 135 cm³/mol. The molecule has 1 fully saturated rings. The summed E-state index contributed by atoms with van der Waals surface area (Å²) in [5.41, 5.74) is 2.38. The number of carbonyl (C=O) groups is 1. The van der Waals surface area contributed by atoms with Crippen LogP contribution in [0.1, 0.15) is 46.2 Å². The van der Waals surface area contributed by atoms with Gasteiger partial charge in [-0.15, -0.1) is 0 Å². The number of thiazole rings is 1. The maximum atomic E-state index is 14.1. The van der Waals surface area contributed by atoms with Crippen molar-refractivity contribution in [3.63, 3.8) is 0 Å². The van der Waals surface area contributed by atoms with Gasteiger partial charge in [-0.25, -0.2) is 9.37 Å². The molecule has 34 heavy (non-hydrogen) atoms. The molecule has 1 atom stereocenters. The largest absolute Gasteiger partial charge is 0.381 e. The number of rotatable bonds is 7. The van der Waals surface area contributed by atoms with Crippen molar-refractivity contribution in [2.45, 2.75) is 31.2 Å². The highest BCUT2D eigenvalue weighted by Crippen LogP contribution is 2.41. The lowest BCUT2D eigenvalue weighted by Crippen LogP contribution is -2.39. The van der Waals surface area contributed by atoms with Crippen molar-refractivity contribution in [2.75, 3.05) is 52.3 Å². The summed E-state index contributed by atoms with van der Waals surface area (Å²) in [5.74, 6) is 0.278. The number of benzene rings is 1. The van der Waals surface area contributed by atoms with Crippen LogP contribution < -0.4 is 10.2 Å². The third-order valence-corrected chi connectivity index (χ3v) is 7.22. The van der Waals surface area contributed by atoms with Crippen LogP contribution in [0, 0.1) is 5.82 Å². The van der Waals surface area contributed by atoms with E-state index in [0.717, 1.165) is 37.1 Å². The topological polar surface area (TPSA) is 82.4 Å². The molecule has 0 bridgehead atoms. The lowest BCUT2D eigenvalue weighted by atomic mass is 9.98. The van der Waals surface area contributed by atoms with E-state index in [1.54, 1.807) is 19.2 Å². The van der Waals surface area contributed by atoms with Crippen molar-refractivity contribution in [3.05, 3.63) is 40.3 Å². The van der Waals surface area contributed by atoms with Crippen LogP contribution in [-0.4, -0.2) is 81.8 Å². The average molecular weight is 487 g/mol. The number of nitrogens with zero attached hydrogens (tertiary/aromatic N) is 5. The van der Waals surface area contributed by atoms with Gasteiger partial charge in [0, 0.05) is 44.5 Å². The molecular weight excluding hydrogens is 455 g/mol. The number of anilines is 1. The van der Waals surface area contributed by atoms with Gasteiger partial charge in [-0.2, -0.15) is 0 Å². The third-order valence-electron chi connectivity index (χ3n) is 6.23. The Morgan fingerprint density at radius 3 is 2.82 bits per heavy atom. The van der Waals surface area contributed by atoms with Crippen LogP contribution in [0.15, 0.2) is 28.2 Å². The number of carbonyl (C=O) groups excluding carboxylic acids is 1. The Morgan fingerprint density at radius 2 is 2.15 bits per heavy atom. The van der Waals surface area contributed by atoms with E-state index in [1.165, 1.54) is 17.4 Å². The van der Waals surface area contributed by atoms with Crippen molar-refractivity contribution in [1.29, 1.82) is 0 Å². The monoisotopic (exact) mass is 486 g/mol. The zero-order valence-electron chi connectivity index (χ0n) is 19.9. The van der Waals surface area contributed by atoms with Crippen molar-refractivity contribution in [2.24, 2.45) is 9.98 Å². The Balaban J connectivity index is 1.62. The molecule has 2 aliphatic rings. The first kappa shape index (κ1) is 24.4. The molecular formula is C24H31FN6O2S. The number of amides is 1. The molecule has 182 valence electrons. The van der Waals surface area contributed by atoms with Gasteiger partial charge in [0.1, 0.15) is 16.5 Å². The van der Waals surface area contributed by atoms with E-state index in [4.69, 9.17) is 4.74 Å². The molecule has 0 saturated carbocycles. The fourth-order valence-corrected chi connectivity index (χ4v) is 5.25. The van der Waals surface area contributed by atoms with Crippen molar-refractivity contribution >= 4 is 40.5 Å². The Bertz CT molecular complexity index is 1080. The predicted octanol–water partition coefficient (Wildman–Crippen LogP) is 3.46. The van der Waals surface area contributed by atoms with Crippen molar-refractivity contribution < 1.29 is 13.9 Å². The highest BCUT2D eigenvalue weighted by Gasteiger charge is 2.34. The summed E-state index contributed by atoms with van der Waals surface area (Å²) >= 11 is 1.20. The van der Waals surface area contributed by atoms with Gasteiger partial charge in [0.15, 0.2) is 10.8 Å². The van der Waals surface area contributed by atoms with Gasteiger partial charge in [-0.05, 0) is 70.4 Å². The normalized spacial score (nSPS) is 18.9. The minimum absolute atomic E-state index is 0.0749. The number of nitrogens with one attached hydrogen (secondary N) is 1. The lowest BCUT2D eigenvalue weighted by molar-refractivity contribution is 0.0696. The van der Waals surface area contributed by atoms with E-state index < -0.39 is 0 Å². The number of amidine groups is 1. The number of halogens is 1. The molecule has 8 nitrogen and oxygen atoms in total. The Labute approximate surface area is 203 Å². The maximum Gasteiger partial charge on any atom is 0.280 e. The van der Waals surface area contributed by atoms with Gasteiger partial charge in [0.05, 0.1) is 0 Å². The molecule has 1 saturated heterocycles. The molecule has 0 aliphatic carbocycles. The number of hydrogen-bond acceptors (Lipinski definition) is 7. The van der Waals surface area contributed by atoms with Gasteiger partial charge in [-0.1, -0.05) is 11.3 Å². The zero-order chi connectivity index (χ0) is 24.2. The minimum Gasteiger partial charge on any atom is -0.381 e. The minimum atomic E-state index is -0.250. The molecule has 3 heterocycles.